The number of rotatable bonds is 2. The van der Waals surface area contributed by atoms with Crippen molar-refractivity contribution in [1.29, 1.82) is 0 Å². The number of pyridine rings is 1. The van der Waals surface area contributed by atoms with Gasteiger partial charge < -0.3 is 5.73 Å². The molecule has 0 spiro atoms. The van der Waals surface area contributed by atoms with Crippen molar-refractivity contribution in [2.45, 2.75) is 26.2 Å². The summed E-state index contributed by atoms with van der Waals surface area (Å²) in [6.07, 6.45) is 0. The molecule has 2 aromatic heterocycles. The summed E-state index contributed by atoms with van der Waals surface area (Å²) in [5.41, 5.74) is 9.12. The Labute approximate surface area is 148 Å². The topological polar surface area (TPSA) is 56.2 Å². The van der Waals surface area contributed by atoms with Crippen LogP contribution in [-0.4, -0.2) is 19.6 Å². The second-order valence-corrected chi connectivity index (χ2v) is 7.78. The van der Waals surface area contributed by atoms with Gasteiger partial charge in [-0.25, -0.2) is 9.50 Å². The van der Waals surface area contributed by atoms with E-state index in [9.17, 15) is 0 Å². The van der Waals surface area contributed by atoms with E-state index in [1.807, 2.05) is 40.9 Å². The van der Waals surface area contributed by atoms with E-state index in [0.29, 0.717) is 10.6 Å². The largest absolute Gasteiger partial charge is 0.389 e. The van der Waals surface area contributed by atoms with Gasteiger partial charge in [-0.15, -0.1) is 0 Å². The van der Waals surface area contributed by atoms with Crippen molar-refractivity contribution in [1.82, 2.24) is 14.6 Å². The van der Waals surface area contributed by atoms with Crippen LogP contribution in [0.2, 0.25) is 0 Å². The Bertz CT molecular complexity index is 909. The molecule has 3 aromatic rings. The van der Waals surface area contributed by atoms with E-state index in [2.05, 4.69) is 41.7 Å². The fourth-order valence-electron chi connectivity index (χ4n) is 2.34. The second kappa shape index (κ2) is 5.69. The highest BCUT2D eigenvalue weighted by Gasteiger charge is 2.22. The fourth-order valence-corrected chi connectivity index (χ4v) is 2.90. The number of thiocarbonyl (C=S) groups is 1. The van der Waals surface area contributed by atoms with Crippen LogP contribution in [-0.2, 0) is 5.41 Å². The van der Waals surface area contributed by atoms with Gasteiger partial charge in [0.1, 0.15) is 4.99 Å². The molecule has 6 heteroatoms. The van der Waals surface area contributed by atoms with Crippen LogP contribution in [0.15, 0.2) is 40.9 Å². The first kappa shape index (κ1) is 16.1. The number of nitrogens with two attached hydrogens (primary N) is 1. The molecule has 0 fully saturated rings. The van der Waals surface area contributed by atoms with Gasteiger partial charge >= 0.3 is 0 Å². The number of hydrogen-bond donors (Lipinski definition) is 1. The zero-order valence-electron chi connectivity index (χ0n) is 13.2. The van der Waals surface area contributed by atoms with Crippen LogP contribution in [0.25, 0.3) is 16.9 Å². The number of fused-ring (bicyclic) bond motifs is 1. The zero-order chi connectivity index (χ0) is 16.8. The Morgan fingerprint density at radius 1 is 1.22 bits per heavy atom. The van der Waals surface area contributed by atoms with E-state index in [1.54, 1.807) is 0 Å². The maximum Gasteiger partial charge on any atom is 0.166 e. The van der Waals surface area contributed by atoms with Crippen molar-refractivity contribution in [3.05, 3.63) is 52.3 Å². The lowest BCUT2D eigenvalue weighted by Crippen LogP contribution is -2.13. The van der Waals surface area contributed by atoms with Crippen molar-refractivity contribution in [3.63, 3.8) is 0 Å². The summed E-state index contributed by atoms with van der Waals surface area (Å²) in [5, 5.41) is 4.71. The summed E-state index contributed by atoms with van der Waals surface area (Å²) in [7, 11) is 0. The van der Waals surface area contributed by atoms with Crippen LogP contribution in [0.1, 0.15) is 32.2 Å². The molecule has 3 rings (SSSR count). The van der Waals surface area contributed by atoms with E-state index in [1.165, 1.54) is 0 Å². The van der Waals surface area contributed by atoms with Crippen LogP contribution in [0, 0.1) is 0 Å². The third-order valence-electron chi connectivity index (χ3n) is 3.54. The molecule has 0 unspecified atom stereocenters. The molecular weight excluding hydrogens is 372 g/mol. The fraction of sp³-hybridized carbons (Fsp3) is 0.235. The van der Waals surface area contributed by atoms with E-state index in [0.717, 1.165) is 27.1 Å². The highest BCUT2D eigenvalue weighted by atomic mass is 79.9. The van der Waals surface area contributed by atoms with Crippen LogP contribution >= 0.6 is 28.1 Å². The number of hydrogen-bond acceptors (Lipinski definition) is 3. The summed E-state index contributed by atoms with van der Waals surface area (Å²) >= 11 is 8.67. The molecule has 0 amide bonds. The third kappa shape index (κ3) is 3.01. The molecule has 1 aromatic carbocycles. The SMILES string of the molecule is CC(C)(C)c1nc2c(C(N)=S)ccc(-c3cccc(Br)c3)n2n1. The normalized spacial score (nSPS) is 11.8. The van der Waals surface area contributed by atoms with E-state index >= 15 is 0 Å². The smallest absolute Gasteiger partial charge is 0.166 e. The predicted octanol–water partition coefficient (Wildman–Crippen LogP) is 4.09. The van der Waals surface area contributed by atoms with Gasteiger partial charge in [-0.2, -0.15) is 5.10 Å². The first-order valence-corrected chi connectivity index (χ1v) is 8.43. The second-order valence-electron chi connectivity index (χ2n) is 6.43. The molecule has 0 saturated heterocycles. The van der Waals surface area contributed by atoms with Crippen LogP contribution in [0.4, 0.5) is 0 Å². The Hall–Kier alpha value is -1.79. The molecule has 0 bridgehead atoms. The summed E-state index contributed by atoms with van der Waals surface area (Å²) in [5.74, 6) is 0.762. The Balaban J connectivity index is 2.34. The molecule has 4 nitrogen and oxygen atoms in total. The molecule has 0 aliphatic heterocycles. The van der Waals surface area contributed by atoms with Gasteiger partial charge in [-0.1, -0.05) is 61.1 Å². The Kier molecular flexibility index (Phi) is 3.98. The van der Waals surface area contributed by atoms with E-state index < -0.39 is 0 Å². The van der Waals surface area contributed by atoms with Crippen molar-refractivity contribution in [3.8, 4) is 11.3 Å². The molecule has 118 valence electrons. The molecule has 2 N–H and O–H groups in total. The summed E-state index contributed by atoms with van der Waals surface area (Å²) in [6.45, 7) is 6.25. The highest BCUT2D eigenvalue weighted by Crippen LogP contribution is 2.27. The monoisotopic (exact) mass is 388 g/mol. The number of nitrogens with zero attached hydrogens (tertiary/aromatic N) is 3. The van der Waals surface area contributed by atoms with Gasteiger partial charge in [-0.05, 0) is 24.3 Å². The number of aromatic nitrogens is 3. The van der Waals surface area contributed by atoms with Gasteiger partial charge in [0.15, 0.2) is 11.5 Å². The quantitative estimate of drug-likeness (QED) is 0.671. The van der Waals surface area contributed by atoms with Crippen LogP contribution < -0.4 is 5.73 Å². The predicted molar refractivity (Wildman–Crippen MR) is 101 cm³/mol. The van der Waals surface area contributed by atoms with Gasteiger partial charge in [0.05, 0.1) is 11.3 Å². The molecule has 0 aliphatic rings. The first-order valence-electron chi connectivity index (χ1n) is 7.23. The lowest BCUT2D eigenvalue weighted by Gasteiger charge is -2.12. The lowest BCUT2D eigenvalue weighted by atomic mass is 9.96. The minimum atomic E-state index is -0.159. The lowest BCUT2D eigenvalue weighted by molar-refractivity contribution is 0.545. The van der Waals surface area contributed by atoms with Gasteiger partial charge in [0, 0.05) is 15.5 Å². The van der Waals surface area contributed by atoms with Crippen molar-refractivity contribution < 1.29 is 0 Å². The van der Waals surface area contributed by atoms with E-state index in [-0.39, 0.29) is 5.41 Å². The summed E-state index contributed by atoms with van der Waals surface area (Å²) < 4.78 is 2.84. The van der Waals surface area contributed by atoms with Crippen molar-refractivity contribution in [2.24, 2.45) is 5.73 Å². The summed E-state index contributed by atoms with van der Waals surface area (Å²) in [6, 6.07) is 12.0. The molecular formula is C17H17BrN4S. The minimum absolute atomic E-state index is 0.159. The van der Waals surface area contributed by atoms with Gasteiger partial charge in [-0.3, -0.25) is 0 Å². The Morgan fingerprint density at radius 3 is 2.57 bits per heavy atom. The molecule has 0 radical (unpaired) electrons. The maximum atomic E-state index is 5.85. The molecule has 0 atom stereocenters. The molecule has 23 heavy (non-hydrogen) atoms. The molecule has 2 heterocycles. The van der Waals surface area contributed by atoms with Gasteiger partial charge in [0.25, 0.3) is 0 Å². The maximum absolute atomic E-state index is 5.85. The molecule has 0 aliphatic carbocycles. The molecule has 0 saturated carbocycles. The first-order chi connectivity index (χ1) is 10.8. The van der Waals surface area contributed by atoms with Crippen LogP contribution in [0.5, 0.6) is 0 Å². The summed E-state index contributed by atoms with van der Waals surface area (Å²) in [4.78, 5) is 5.01. The highest BCUT2D eigenvalue weighted by molar-refractivity contribution is 9.10. The van der Waals surface area contributed by atoms with Crippen LogP contribution in [0.3, 0.4) is 0 Å². The van der Waals surface area contributed by atoms with Crippen molar-refractivity contribution >= 4 is 38.8 Å². The standard InChI is InChI=1S/C17H17BrN4S/c1-17(2,3)16-20-15-12(14(19)23)7-8-13(22(15)21-16)10-5-4-6-11(18)9-10/h4-9H,1-3H3,(H2,19,23). The Morgan fingerprint density at radius 2 is 1.96 bits per heavy atom. The van der Waals surface area contributed by atoms with E-state index in [4.69, 9.17) is 23.1 Å². The average molecular weight is 389 g/mol. The third-order valence-corrected chi connectivity index (χ3v) is 4.25. The number of halogens is 1. The minimum Gasteiger partial charge on any atom is -0.389 e. The average Bonchev–Trinajstić information content (AvgIpc) is 2.90. The van der Waals surface area contributed by atoms with Crippen molar-refractivity contribution in [2.75, 3.05) is 0 Å². The zero-order valence-corrected chi connectivity index (χ0v) is 15.6. The number of benzene rings is 1. The van der Waals surface area contributed by atoms with Gasteiger partial charge in [0.2, 0.25) is 0 Å².